The van der Waals surface area contributed by atoms with Crippen molar-refractivity contribution >= 4 is 46.1 Å². The van der Waals surface area contributed by atoms with Crippen LogP contribution in [0.5, 0.6) is 0 Å². The predicted molar refractivity (Wildman–Crippen MR) is 111 cm³/mol. The summed E-state index contributed by atoms with van der Waals surface area (Å²) in [4.78, 5) is 27.0. The number of carbonyl (C=O) groups excluding carboxylic acids is 2. The highest BCUT2D eigenvalue weighted by molar-refractivity contribution is 7.17. The van der Waals surface area contributed by atoms with E-state index in [-0.39, 0.29) is 17.7 Å². The smallest absolute Gasteiger partial charge is 0.261 e. The molecule has 27 heavy (non-hydrogen) atoms. The molecule has 1 heterocycles. The van der Waals surface area contributed by atoms with Crippen molar-refractivity contribution in [2.75, 3.05) is 23.7 Å². The number of rotatable bonds is 7. The maximum Gasteiger partial charge on any atom is 0.261 e. The summed E-state index contributed by atoms with van der Waals surface area (Å²) < 4.78 is 0.599. The van der Waals surface area contributed by atoms with Gasteiger partial charge in [0.15, 0.2) is 0 Å². The van der Waals surface area contributed by atoms with Crippen molar-refractivity contribution in [2.24, 2.45) is 11.8 Å². The lowest BCUT2D eigenvalue weighted by Gasteiger charge is -2.37. The normalized spacial score (nSPS) is 15.0. The van der Waals surface area contributed by atoms with Crippen molar-refractivity contribution in [1.29, 1.82) is 0 Å². The number of benzene rings is 1. The molecule has 0 bridgehead atoms. The molecule has 1 aromatic heterocycles. The number of nitrogens with zero attached hydrogens (tertiary/aromatic N) is 1. The summed E-state index contributed by atoms with van der Waals surface area (Å²) in [5, 5.41) is 3.02. The molecule has 1 unspecified atom stereocenters. The predicted octanol–water partition coefficient (Wildman–Crippen LogP) is 4.18. The van der Waals surface area contributed by atoms with Crippen molar-refractivity contribution in [3.05, 3.63) is 45.6 Å². The second kappa shape index (κ2) is 8.76. The molecule has 2 aromatic rings. The van der Waals surface area contributed by atoms with Gasteiger partial charge in [-0.1, -0.05) is 30.9 Å². The number of nitrogens with one attached hydrogen (secondary N) is 1. The average Bonchev–Trinajstić information content (AvgIpc) is 3.02. The van der Waals surface area contributed by atoms with Crippen LogP contribution in [-0.2, 0) is 4.79 Å². The number of hydrogen-bond acceptors (Lipinski definition) is 4. The van der Waals surface area contributed by atoms with E-state index in [0.717, 1.165) is 18.5 Å². The summed E-state index contributed by atoms with van der Waals surface area (Å²) in [5.74, 6) is 0.603. The Morgan fingerprint density at radius 2 is 1.96 bits per heavy atom. The van der Waals surface area contributed by atoms with E-state index in [1.807, 2.05) is 12.1 Å². The molecule has 0 radical (unpaired) electrons. The number of carbonyl (C=O) groups is 2. The summed E-state index contributed by atoms with van der Waals surface area (Å²) in [6, 6.07) is 10.8. The summed E-state index contributed by atoms with van der Waals surface area (Å²) in [5.41, 5.74) is 7.26. The van der Waals surface area contributed by atoms with Crippen LogP contribution in [0.3, 0.4) is 0 Å². The van der Waals surface area contributed by atoms with Crippen molar-refractivity contribution < 1.29 is 9.59 Å². The highest BCUT2D eigenvalue weighted by Gasteiger charge is 2.30. The minimum absolute atomic E-state index is 0.0135. The van der Waals surface area contributed by atoms with Gasteiger partial charge in [-0.2, -0.15) is 0 Å². The molecule has 1 atom stereocenters. The van der Waals surface area contributed by atoms with Crippen molar-refractivity contribution in [3.8, 4) is 0 Å². The number of nitrogens with two attached hydrogens (primary N) is 1. The molecule has 5 nitrogen and oxygen atoms in total. The second-order valence-electron chi connectivity index (χ2n) is 6.99. The fourth-order valence-electron chi connectivity index (χ4n) is 3.34. The molecule has 0 aliphatic heterocycles. The molecule has 0 saturated heterocycles. The van der Waals surface area contributed by atoms with E-state index < -0.39 is 0 Å². The molecule has 7 heteroatoms. The van der Waals surface area contributed by atoms with E-state index in [1.165, 1.54) is 17.8 Å². The van der Waals surface area contributed by atoms with Crippen molar-refractivity contribution in [1.82, 2.24) is 5.32 Å². The first-order chi connectivity index (χ1) is 12.9. The quantitative estimate of drug-likeness (QED) is 0.678. The van der Waals surface area contributed by atoms with Gasteiger partial charge in [-0.15, -0.1) is 11.3 Å². The fourth-order valence-corrected chi connectivity index (χ4v) is 4.30. The van der Waals surface area contributed by atoms with Crippen LogP contribution in [0.15, 0.2) is 36.4 Å². The fraction of sp³-hybridized carbons (Fsp3) is 0.400. The lowest BCUT2D eigenvalue weighted by Crippen LogP contribution is -2.43. The Morgan fingerprint density at radius 1 is 1.26 bits per heavy atom. The van der Waals surface area contributed by atoms with E-state index in [0.29, 0.717) is 33.9 Å². The zero-order chi connectivity index (χ0) is 19.4. The first-order valence-corrected chi connectivity index (χ1v) is 10.3. The Hall–Kier alpha value is -2.05. The molecule has 1 aliphatic carbocycles. The first kappa shape index (κ1) is 19.7. The molecule has 1 aliphatic rings. The molecular weight excluding hydrogens is 382 g/mol. The van der Waals surface area contributed by atoms with Crippen LogP contribution >= 0.6 is 22.9 Å². The van der Waals surface area contributed by atoms with Gasteiger partial charge in [0.25, 0.3) is 5.91 Å². The Balaban J connectivity index is 1.68. The maximum absolute atomic E-state index is 12.4. The Labute approximate surface area is 168 Å². The van der Waals surface area contributed by atoms with Crippen LogP contribution in [0.2, 0.25) is 4.34 Å². The maximum atomic E-state index is 12.4. The van der Waals surface area contributed by atoms with Gasteiger partial charge in [0.2, 0.25) is 5.91 Å². The number of amides is 2. The zero-order valence-corrected chi connectivity index (χ0v) is 16.9. The molecule has 1 fully saturated rings. The van der Waals surface area contributed by atoms with Gasteiger partial charge in [0, 0.05) is 31.4 Å². The number of anilines is 2. The average molecular weight is 406 g/mol. The topological polar surface area (TPSA) is 75.4 Å². The van der Waals surface area contributed by atoms with Gasteiger partial charge < -0.3 is 16.0 Å². The van der Waals surface area contributed by atoms with Gasteiger partial charge in [0.05, 0.1) is 9.21 Å². The monoisotopic (exact) mass is 405 g/mol. The zero-order valence-electron chi connectivity index (χ0n) is 15.3. The number of hydrogen-bond donors (Lipinski definition) is 2. The van der Waals surface area contributed by atoms with Gasteiger partial charge in [-0.3, -0.25) is 9.59 Å². The Bertz CT molecular complexity index is 802. The summed E-state index contributed by atoms with van der Waals surface area (Å²) in [7, 11) is 0. The largest absolute Gasteiger partial charge is 0.399 e. The first-order valence-electron chi connectivity index (χ1n) is 9.11. The van der Waals surface area contributed by atoms with E-state index in [4.69, 9.17) is 17.3 Å². The van der Waals surface area contributed by atoms with Gasteiger partial charge >= 0.3 is 0 Å². The van der Waals surface area contributed by atoms with Crippen LogP contribution in [0.25, 0.3) is 0 Å². The van der Waals surface area contributed by atoms with Crippen LogP contribution in [-0.4, -0.2) is 24.9 Å². The molecular formula is C20H24ClN3O2S. The van der Waals surface area contributed by atoms with Crippen molar-refractivity contribution in [3.63, 3.8) is 0 Å². The van der Waals surface area contributed by atoms with Gasteiger partial charge in [0.1, 0.15) is 0 Å². The standard InChI is InChI=1S/C20H24ClN3O2S/c1-13(25)24(17-7-5-16(22)6-8-17)12-15(14-3-2-4-14)11-23-20(26)18-9-10-19(21)27-18/h5-10,14-15H,2-4,11-12,22H2,1H3,(H,23,26). The third-order valence-corrected chi connectivity index (χ3v) is 6.37. The molecule has 1 saturated carbocycles. The molecule has 144 valence electrons. The highest BCUT2D eigenvalue weighted by atomic mass is 35.5. The third kappa shape index (κ3) is 5.02. The van der Waals surface area contributed by atoms with Crippen LogP contribution in [0, 0.1) is 11.8 Å². The van der Waals surface area contributed by atoms with Gasteiger partial charge in [-0.05, 0) is 48.2 Å². The second-order valence-corrected chi connectivity index (χ2v) is 8.70. The lowest BCUT2D eigenvalue weighted by atomic mass is 9.75. The minimum atomic E-state index is -0.113. The van der Waals surface area contributed by atoms with E-state index >= 15 is 0 Å². The number of halogens is 1. The van der Waals surface area contributed by atoms with E-state index in [1.54, 1.807) is 36.1 Å². The van der Waals surface area contributed by atoms with Gasteiger partial charge in [-0.25, -0.2) is 0 Å². The van der Waals surface area contributed by atoms with Crippen LogP contribution < -0.4 is 16.0 Å². The molecule has 1 aromatic carbocycles. The Kier molecular flexibility index (Phi) is 6.39. The lowest BCUT2D eigenvalue weighted by molar-refractivity contribution is -0.116. The Morgan fingerprint density at radius 3 is 2.48 bits per heavy atom. The summed E-state index contributed by atoms with van der Waals surface area (Å²) in [6.45, 7) is 2.69. The molecule has 2 amide bonds. The highest BCUT2D eigenvalue weighted by Crippen LogP contribution is 2.34. The SMILES string of the molecule is CC(=O)N(CC(CNC(=O)c1ccc(Cl)s1)C1CCC1)c1ccc(N)cc1. The third-order valence-electron chi connectivity index (χ3n) is 5.14. The number of nitrogen functional groups attached to an aromatic ring is 1. The molecule has 3 N–H and O–H groups in total. The van der Waals surface area contributed by atoms with E-state index in [9.17, 15) is 9.59 Å². The van der Waals surface area contributed by atoms with Crippen LogP contribution in [0.1, 0.15) is 35.9 Å². The van der Waals surface area contributed by atoms with Crippen LogP contribution in [0.4, 0.5) is 11.4 Å². The molecule has 0 spiro atoms. The minimum Gasteiger partial charge on any atom is -0.399 e. The van der Waals surface area contributed by atoms with Crippen molar-refractivity contribution in [2.45, 2.75) is 26.2 Å². The summed E-state index contributed by atoms with van der Waals surface area (Å²) in [6.07, 6.45) is 3.48. The summed E-state index contributed by atoms with van der Waals surface area (Å²) >= 11 is 7.19. The van der Waals surface area contributed by atoms with E-state index in [2.05, 4.69) is 5.32 Å². The number of thiophene rings is 1. The molecule has 3 rings (SSSR count).